The SMILES string of the molecule is O=C(Nc1ccc(F)cc1C(F)(F)F)N1CC2CCCC(C1)C2O. The van der Waals surface area contributed by atoms with Crippen LogP contribution in [0.1, 0.15) is 24.8 Å². The molecule has 1 aliphatic heterocycles. The van der Waals surface area contributed by atoms with Gasteiger partial charge in [-0.1, -0.05) is 6.42 Å². The number of rotatable bonds is 1. The van der Waals surface area contributed by atoms with Crippen LogP contribution in [0.15, 0.2) is 18.2 Å². The molecule has 0 spiro atoms. The minimum Gasteiger partial charge on any atom is -0.392 e. The second-order valence-electron chi connectivity index (χ2n) is 6.46. The van der Waals surface area contributed by atoms with Crippen molar-refractivity contribution in [3.8, 4) is 0 Å². The summed E-state index contributed by atoms with van der Waals surface area (Å²) in [5.41, 5.74) is -1.68. The van der Waals surface area contributed by atoms with Gasteiger partial charge in [-0.3, -0.25) is 0 Å². The van der Waals surface area contributed by atoms with Crippen molar-refractivity contribution in [3.05, 3.63) is 29.6 Å². The largest absolute Gasteiger partial charge is 0.418 e. The first-order chi connectivity index (χ1) is 11.3. The number of piperidine rings is 1. The number of urea groups is 1. The number of fused-ring (bicyclic) bond motifs is 2. The van der Waals surface area contributed by atoms with Crippen LogP contribution in [0.25, 0.3) is 0 Å². The maximum atomic E-state index is 13.1. The summed E-state index contributed by atoms with van der Waals surface area (Å²) in [7, 11) is 0. The second-order valence-corrected chi connectivity index (χ2v) is 6.46. The topological polar surface area (TPSA) is 52.6 Å². The van der Waals surface area contributed by atoms with E-state index in [4.69, 9.17) is 0 Å². The molecule has 2 aliphatic rings. The van der Waals surface area contributed by atoms with Crippen LogP contribution in [0, 0.1) is 17.7 Å². The molecule has 2 N–H and O–H groups in total. The number of aliphatic hydroxyl groups excluding tert-OH is 1. The predicted molar refractivity (Wildman–Crippen MR) is 78.8 cm³/mol. The van der Waals surface area contributed by atoms with E-state index in [1.54, 1.807) is 0 Å². The molecule has 2 unspecified atom stereocenters. The molecule has 1 saturated carbocycles. The fraction of sp³-hybridized carbons (Fsp3) is 0.562. The predicted octanol–water partition coefficient (Wildman–Crippen LogP) is 3.47. The van der Waals surface area contributed by atoms with Crippen LogP contribution < -0.4 is 5.32 Å². The van der Waals surface area contributed by atoms with Gasteiger partial charge in [-0.25, -0.2) is 9.18 Å². The molecule has 132 valence electrons. The number of hydrogen-bond donors (Lipinski definition) is 2. The lowest BCUT2D eigenvalue weighted by Crippen LogP contribution is -2.54. The summed E-state index contributed by atoms with van der Waals surface area (Å²) >= 11 is 0. The zero-order valence-corrected chi connectivity index (χ0v) is 12.8. The molecule has 1 aliphatic carbocycles. The van der Waals surface area contributed by atoms with Gasteiger partial charge in [0.25, 0.3) is 0 Å². The Kier molecular flexibility index (Phi) is 4.42. The first-order valence-electron chi connectivity index (χ1n) is 7.86. The Morgan fingerprint density at radius 3 is 2.42 bits per heavy atom. The number of hydrogen-bond acceptors (Lipinski definition) is 2. The molecular weight excluding hydrogens is 328 g/mol. The summed E-state index contributed by atoms with van der Waals surface area (Å²) in [5, 5.41) is 12.3. The van der Waals surface area contributed by atoms with E-state index in [9.17, 15) is 27.5 Å². The lowest BCUT2D eigenvalue weighted by atomic mass is 9.75. The highest BCUT2D eigenvalue weighted by Crippen LogP contribution is 2.37. The van der Waals surface area contributed by atoms with Gasteiger partial charge in [0, 0.05) is 24.9 Å². The Morgan fingerprint density at radius 2 is 1.83 bits per heavy atom. The van der Waals surface area contributed by atoms with E-state index in [1.807, 2.05) is 0 Å². The molecule has 4 nitrogen and oxygen atoms in total. The summed E-state index contributed by atoms with van der Waals surface area (Å²) < 4.78 is 52.1. The Balaban J connectivity index is 1.76. The van der Waals surface area contributed by atoms with Crippen molar-refractivity contribution in [1.29, 1.82) is 0 Å². The van der Waals surface area contributed by atoms with Gasteiger partial charge in [0.2, 0.25) is 0 Å². The van der Waals surface area contributed by atoms with Crippen LogP contribution in [0.2, 0.25) is 0 Å². The molecular formula is C16H18F4N2O2. The number of carbonyl (C=O) groups is 1. The second kappa shape index (κ2) is 6.23. The maximum Gasteiger partial charge on any atom is 0.418 e. The lowest BCUT2D eigenvalue weighted by molar-refractivity contribution is -0.137. The van der Waals surface area contributed by atoms with Crippen molar-refractivity contribution in [2.45, 2.75) is 31.5 Å². The zero-order chi connectivity index (χ0) is 17.5. The average molecular weight is 346 g/mol. The van der Waals surface area contributed by atoms with Crippen LogP contribution >= 0.6 is 0 Å². The third kappa shape index (κ3) is 3.33. The van der Waals surface area contributed by atoms with Crippen molar-refractivity contribution in [1.82, 2.24) is 4.90 Å². The molecule has 24 heavy (non-hydrogen) atoms. The molecule has 1 saturated heterocycles. The van der Waals surface area contributed by atoms with Crippen LogP contribution in [0.3, 0.4) is 0 Å². The Hall–Kier alpha value is -1.83. The smallest absolute Gasteiger partial charge is 0.392 e. The van der Waals surface area contributed by atoms with Crippen molar-refractivity contribution in [2.24, 2.45) is 11.8 Å². The minimum absolute atomic E-state index is 0.0430. The van der Waals surface area contributed by atoms with Gasteiger partial charge in [-0.15, -0.1) is 0 Å². The lowest BCUT2D eigenvalue weighted by Gasteiger charge is -2.44. The van der Waals surface area contributed by atoms with E-state index in [0.29, 0.717) is 19.2 Å². The highest BCUT2D eigenvalue weighted by Gasteiger charge is 2.40. The molecule has 2 fully saturated rings. The molecule has 0 radical (unpaired) electrons. The van der Waals surface area contributed by atoms with Gasteiger partial charge in [0.05, 0.1) is 17.4 Å². The van der Waals surface area contributed by atoms with E-state index < -0.39 is 35.4 Å². The highest BCUT2D eigenvalue weighted by molar-refractivity contribution is 5.90. The standard InChI is InChI=1S/C16H18F4N2O2/c17-11-4-5-13(12(6-11)16(18,19)20)21-15(24)22-7-9-2-1-3-10(8-22)14(9)23/h4-6,9-10,14,23H,1-3,7-8H2,(H,21,24). The molecule has 2 bridgehead atoms. The molecule has 8 heteroatoms. The molecule has 0 aromatic heterocycles. The third-order valence-electron chi connectivity index (χ3n) is 4.84. The normalized spacial score (nSPS) is 27.0. The van der Waals surface area contributed by atoms with Gasteiger partial charge in [0.1, 0.15) is 5.82 Å². The molecule has 1 heterocycles. The number of benzene rings is 1. The molecule has 2 amide bonds. The Morgan fingerprint density at radius 1 is 1.21 bits per heavy atom. The first-order valence-corrected chi connectivity index (χ1v) is 7.86. The Bertz CT molecular complexity index is 621. The van der Waals surface area contributed by atoms with Crippen LogP contribution in [-0.2, 0) is 6.18 Å². The number of aliphatic hydroxyl groups is 1. The fourth-order valence-corrected chi connectivity index (χ4v) is 3.63. The van der Waals surface area contributed by atoms with Crippen molar-refractivity contribution < 1.29 is 27.5 Å². The van der Waals surface area contributed by atoms with Gasteiger partial charge >= 0.3 is 12.2 Å². The van der Waals surface area contributed by atoms with E-state index in [0.717, 1.165) is 31.4 Å². The van der Waals surface area contributed by atoms with Crippen LogP contribution in [0.5, 0.6) is 0 Å². The van der Waals surface area contributed by atoms with Gasteiger partial charge in [0.15, 0.2) is 0 Å². The van der Waals surface area contributed by atoms with Crippen molar-refractivity contribution in [2.75, 3.05) is 18.4 Å². The third-order valence-corrected chi connectivity index (χ3v) is 4.84. The fourth-order valence-electron chi connectivity index (χ4n) is 3.63. The van der Waals surface area contributed by atoms with E-state index in [-0.39, 0.29) is 11.8 Å². The number of nitrogens with one attached hydrogen (secondary N) is 1. The van der Waals surface area contributed by atoms with E-state index in [1.165, 1.54) is 4.90 Å². The summed E-state index contributed by atoms with van der Waals surface area (Å²) in [6.07, 6.45) is -2.64. The zero-order valence-electron chi connectivity index (χ0n) is 12.8. The molecule has 1 aromatic carbocycles. The maximum absolute atomic E-state index is 13.1. The number of carbonyl (C=O) groups excluding carboxylic acids is 1. The van der Waals surface area contributed by atoms with Crippen LogP contribution in [-0.4, -0.2) is 35.2 Å². The molecule has 1 aromatic rings. The summed E-state index contributed by atoms with van der Waals surface area (Å²) in [5.74, 6) is -1.10. The molecule has 3 rings (SSSR count). The number of nitrogens with zero attached hydrogens (tertiary/aromatic N) is 1. The number of likely N-dealkylation sites (tertiary alicyclic amines) is 1. The molecule has 2 atom stereocenters. The number of alkyl halides is 3. The minimum atomic E-state index is -4.76. The first kappa shape index (κ1) is 17.0. The van der Waals surface area contributed by atoms with Crippen molar-refractivity contribution in [3.63, 3.8) is 0 Å². The van der Waals surface area contributed by atoms with Gasteiger partial charge in [-0.2, -0.15) is 13.2 Å². The van der Waals surface area contributed by atoms with E-state index >= 15 is 0 Å². The summed E-state index contributed by atoms with van der Waals surface area (Å²) in [4.78, 5) is 13.8. The number of anilines is 1. The summed E-state index contributed by atoms with van der Waals surface area (Å²) in [6, 6.07) is 1.50. The summed E-state index contributed by atoms with van der Waals surface area (Å²) in [6.45, 7) is 0.623. The highest BCUT2D eigenvalue weighted by atomic mass is 19.4. The van der Waals surface area contributed by atoms with Gasteiger partial charge < -0.3 is 15.3 Å². The quantitative estimate of drug-likeness (QED) is 0.765. The Labute approximate surface area is 136 Å². The number of amides is 2. The van der Waals surface area contributed by atoms with E-state index in [2.05, 4.69) is 5.32 Å². The average Bonchev–Trinajstić information content (AvgIpc) is 2.47. The van der Waals surface area contributed by atoms with Gasteiger partial charge in [-0.05, 0) is 31.0 Å². The van der Waals surface area contributed by atoms with Crippen LogP contribution in [0.4, 0.5) is 28.0 Å². The monoisotopic (exact) mass is 346 g/mol. The number of halogens is 4. The van der Waals surface area contributed by atoms with Crippen molar-refractivity contribution >= 4 is 11.7 Å².